The Kier molecular flexibility index (Phi) is 38.6. The van der Waals surface area contributed by atoms with E-state index in [1.165, 1.54) is 122 Å². The van der Waals surface area contributed by atoms with Gasteiger partial charge in [-0.15, -0.1) is 0 Å². The minimum atomic E-state index is -2.69. The van der Waals surface area contributed by atoms with Gasteiger partial charge >= 0.3 is 31.4 Å². The van der Waals surface area contributed by atoms with Gasteiger partial charge in [0.2, 0.25) is 0 Å². The van der Waals surface area contributed by atoms with Crippen molar-refractivity contribution in [2.75, 3.05) is 6.61 Å². The summed E-state index contributed by atoms with van der Waals surface area (Å²) in [4.78, 5) is 43.3. The molecule has 0 aliphatic carbocycles. The summed E-state index contributed by atoms with van der Waals surface area (Å²) < 4.78 is 4.91. The summed E-state index contributed by atoms with van der Waals surface area (Å²) in [7, 11) is 0. The second kappa shape index (κ2) is 36.3. The van der Waals surface area contributed by atoms with Gasteiger partial charge in [-0.1, -0.05) is 162 Å². The number of esters is 1. The number of hydrogen-bond acceptors (Lipinski definition) is 8. The molecule has 9 nitrogen and oxygen atoms in total. The Bertz CT molecular complexity index is 732. The van der Waals surface area contributed by atoms with Gasteiger partial charge in [0.05, 0.1) is 13.0 Å². The van der Waals surface area contributed by atoms with Crippen molar-refractivity contribution in [2.24, 2.45) is 0 Å². The number of carbonyl (C=O) groups is 4. The SMILES string of the molecule is CCCCCCCCCCCC(=O)[O-].CCCCCCCCCCCCCCCCCCOC(=O)CC(O)(CC(=O)[O-])C(=O)O.[Zn+2]. The summed E-state index contributed by atoms with van der Waals surface area (Å²) in [5.74, 6) is -5.35. The van der Waals surface area contributed by atoms with E-state index in [-0.39, 0.29) is 32.5 Å². The summed E-state index contributed by atoms with van der Waals surface area (Å²) in [6.45, 7) is 4.61. The van der Waals surface area contributed by atoms with Crippen molar-refractivity contribution in [1.29, 1.82) is 0 Å². The Balaban J connectivity index is -0.00000103. The first-order valence-corrected chi connectivity index (χ1v) is 18.1. The molecule has 266 valence electrons. The zero-order valence-electron chi connectivity index (χ0n) is 29.5. The molecular formula is C36H66O9Zn. The van der Waals surface area contributed by atoms with E-state index in [4.69, 9.17) is 9.84 Å². The van der Waals surface area contributed by atoms with Crippen LogP contribution in [0.25, 0.3) is 0 Å². The Morgan fingerprint density at radius 3 is 1.15 bits per heavy atom. The van der Waals surface area contributed by atoms with Crippen molar-refractivity contribution in [1.82, 2.24) is 0 Å². The molecule has 1 atom stereocenters. The molecule has 46 heavy (non-hydrogen) atoms. The Morgan fingerprint density at radius 1 is 0.522 bits per heavy atom. The predicted octanol–water partition coefficient (Wildman–Crippen LogP) is 6.79. The van der Waals surface area contributed by atoms with E-state index in [0.717, 1.165) is 32.1 Å². The van der Waals surface area contributed by atoms with Crippen LogP contribution in [-0.2, 0) is 43.4 Å². The van der Waals surface area contributed by atoms with E-state index in [1.54, 1.807) is 0 Å². The fourth-order valence-electron chi connectivity index (χ4n) is 5.16. The molecule has 0 aliphatic heterocycles. The second-order valence-corrected chi connectivity index (χ2v) is 12.5. The van der Waals surface area contributed by atoms with E-state index in [2.05, 4.69) is 13.8 Å². The molecule has 0 rings (SSSR count). The minimum absolute atomic E-state index is 0. The van der Waals surface area contributed by atoms with Gasteiger partial charge < -0.3 is 34.8 Å². The smallest absolute Gasteiger partial charge is 0.550 e. The summed E-state index contributed by atoms with van der Waals surface area (Å²) in [6, 6.07) is 0. The van der Waals surface area contributed by atoms with Crippen LogP contribution in [0.3, 0.4) is 0 Å². The largest absolute Gasteiger partial charge is 2.00 e. The number of unbranched alkanes of at least 4 members (excludes halogenated alkanes) is 23. The molecule has 1 unspecified atom stereocenters. The molecule has 0 bridgehead atoms. The standard InChI is InChI=1S/C24H44O7.C12H24O2.Zn/c1-2-3-4-5-6-7-8-9-10-11-12-13-14-15-16-17-18-31-22(27)20-24(30,23(28)29)19-21(25)26;1-2-3-4-5-6-7-8-9-10-11-12(13)14;/h30H,2-20H2,1H3,(H,25,26)(H,28,29);2-11H2,1H3,(H,13,14);/q;;+2/p-2. The zero-order chi connectivity index (χ0) is 34.0. The van der Waals surface area contributed by atoms with Gasteiger partial charge in [0.1, 0.15) is 0 Å². The van der Waals surface area contributed by atoms with Crippen LogP contribution in [-0.4, -0.2) is 46.3 Å². The fourth-order valence-corrected chi connectivity index (χ4v) is 5.16. The molecule has 0 radical (unpaired) electrons. The van der Waals surface area contributed by atoms with Crippen LogP contribution in [0.2, 0.25) is 0 Å². The van der Waals surface area contributed by atoms with Crippen molar-refractivity contribution < 1.29 is 63.8 Å². The topological polar surface area (TPSA) is 164 Å². The number of carboxylic acids is 3. The molecule has 2 N–H and O–H groups in total. The molecule has 0 saturated heterocycles. The second-order valence-electron chi connectivity index (χ2n) is 12.5. The molecule has 0 fully saturated rings. The molecular weight excluding hydrogens is 642 g/mol. The predicted molar refractivity (Wildman–Crippen MR) is 174 cm³/mol. The van der Waals surface area contributed by atoms with Crippen LogP contribution in [0.1, 0.15) is 194 Å². The third-order valence-corrected chi connectivity index (χ3v) is 8.02. The van der Waals surface area contributed by atoms with Crippen molar-refractivity contribution in [3.8, 4) is 0 Å². The number of rotatable bonds is 32. The van der Waals surface area contributed by atoms with Gasteiger partial charge in [-0.25, -0.2) is 4.79 Å². The molecule has 0 heterocycles. The number of ether oxygens (including phenoxy) is 1. The fraction of sp³-hybridized carbons (Fsp3) is 0.889. The Labute approximate surface area is 292 Å². The number of aliphatic hydroxyl groups is 1. The van der Waals surface area contributed by atoms with Gasteiger partial charge in [-0.2, -0.15) is 0 Å². The average Bonchev–Trinajstić information content (AvgIpc) is 2.97. The number of carboxylic acid groups (broad SMARTS) is 3. The van der Waals surface area contributed by atoms with Crippen LogP contribution < -0.4 is 10.2 Å². The van der Waals surface area contributed by atoms with Crippen LogP contribution in [0.5, 0.6) is 0 Å². The van der Waals surface area contributed by atoms with Crippen molar-refractivity contribution >= 4 is 23.9 Å². The Hall–Kier alpha value is -1.54. The van der Waals surface area contributed by atoms with Gasteiger partial charge in [-0.05, 0) is 19.3 Å². The number of hydrogen-bond donors (Lipinski definition) is 2. The summed E-state index contributed by atoms with van der Waals surface area (Å²) >= 11 is 0. The van der Waals surface area contributed by atoms with Crippen LogP contribution in [0.4, 0.5) is 0 Å². The van der Waals surface area contributed by atoms with E-state index in [1.807, 2.05) is 0 Å². The van der Waals surface area contributed by atoms with Gasteiger partial charge in [0.25, 0.3) is 0 Å². The molecule has 0 aromatic carbocycles. The number of aliphatic carboxylic acids is 3. The van der Waals surface area contributed by atoms with Gasteiger partial charge in [-0.3, -0.25) is 4.79 Å². The van der Waals surface area contributed by atoms with Crippen LogP contribution in [0.15, 0.2) is 0 Å². The first kappa shape index (κ1) is 48.9. The quantitative estimate of drug-likeness (QED) is 0.0435. The maximum absolute atomic E-state index is 11.6. The third kappa shape index (κ3) is 36.9. The molecule has 10 heteroatoms. The van der Waals surface area contributed by atoms with E-state index < -0.39 is 42.3 Å². The first-order valence-electron chi connectivity index (χ1n) is 18.1. The molecule has 0 spiro atoms. The summed E-state index contributed by atoms with van der Waals surface area (Å²) in [5.41, 5.74) is -2.69. The Morgan fingerprint density at radius 2 is 0.848 bits per heavy atom. The van der Waals surface area contributed by atoms with Crippen molar-refractivity contribution in [2.45, 2.75) is 199 Å². The zero-order valence-corrected chi connectivity index (χ0v) is 32.4. The van der Waals surface area contributed by atoms with E-state index in [0.29, 0.717) is 6.42 Å². The monoisotopic (exact) mass is 706 g/mol. The summed E-state index contributed by atoms with van der Waals surface area (Å²) in [6.07, 6.45) is 28.9. The molecule has 0 aliphatic rings. The van der Waals surface area contributed by atoms with Gasteiger partial charge in [0, 0.05) is 18.4 Å². The molecule has 0 aromatic heterocycles. The molecule has 0 aromatic rings. The van der Waals surface area contributed by atoms with E-state index in [9.17, 15) is 34.5 Å². The molecule has 0 saturated carbocycles. The average molecular weight is 708 g/mol. The first-order chi connectivity index (χ1) is 21.6. The minimum Gasteiger partial charge on any atom is -0.550 e. The van der Waals surface area contributed by atoms with Crippen molar-refractivity contribution in [3.63, 3.8) is 0 Å². The van der Waals surface area contributed by atoms with Gasteiger partial charge in [0.15, 0.2) is 5.60 Å². The third-order valence-electron chi connectivity index (χ3n) is 8.02. The maximum atomic E-state index is 11.6. The van der Waals surface area contributed by atoms with Crippen LogP contribution >= 0.6 is 0 Å². The van der Waals surface area contributed by atoms with Crippen LogP contribution in [0, 0.1) is 0 Å². The number of carbonyl (C=O) groups excluding carboxylic acids is 3. The maximum Gasteiger partial charge on any atom is 2.00 e. The van der Waals surface area contributed by atoms with Crippen molar-refractivity contribution in [3.05, 3.63) is 0 Å². The van der Waals surface area contributed by atoms with E-state index >= 15 is 0 Å². The summed E-state index contributed by atoms with van der Waals surface area (Å²) in [5, 5.41) is 39.3. The molecule has 0 amide bonds. The normalized spacial score (nSPS) is 11.9.